The Bertz CT molecular complexity index is 3200. The van der Waals surface area contributed by atoms with E-state index in [4.69, 9.17) is 9.97 Å². The van der Waals surface area contributed by atoms with Crippen LogP contribution in [0.5, 0.6) is 0 Å². The van der Waals surface area contributed by atoms with Gasteiger partial charge in [-0.05, 0) is 124 Å². The van der Waals surface area contributed by atoms with Crippen LogP contribution in [0.2, 0.25) is 0 Å². The summed E-state index contributed by atoms with van der Waals surface area (Å²) in [5, 5.41) is 4.83. The van der Waals surface area contributed by atoms with Crippen molar-refractivity contribution in [2.24, 2.45) is 23.7 Å². The van der Waals surface area contributed by atoms with E-state index in [0.29, 0.717) is 23.0 Å². The topological polar surface area (TPSA) is 72.0 Å². The molecule has 1 aliphatic heterocycles. The average Bonchev–Trinajstić information content (AvgIpc) is 4.45. The highest BCUT2D eigenvalue weighted by Gasteiger charge is 2.42. The molecule has 7 aromatic heterocycles. The van der Waals surface area contributed by atoms with Crippen molar-refractivity contribution < 1.29 is 9.59 Å². The quantitative estimate of drug-likeness (QED) is 0.0474. The van der Waals surface area contributed by atoms with Crippen LogP contribution in [0.4, 0.5) is 0 Å². The van der Waals surface area contributed by atoms with Crippen LogP contribution in [-0.4, -0.2) is 21.8 Å². The summed E-state index contributed by atoms with van der Waals surface area (Å²) in [5.74, 6) is 2.40. The Kier molecular flexibility index (Phi) is 19.6. The standard InChI is InChI=1S/C66H85N3O2S7/c1-13-35-65(11,36-14-2)50-34-33-46(75-50)52-56-58(77-64(68-56)49-30-28-44(73-49)26-24-42(10)22-18-20-40(7)8)51(55-59(52)78-63(67-55)48-29-27-43(72-48)25-23-41(9)21-17-19-39(5)6)45-31-32-47(74-45)57-53-54(62(71)69-61(53)70)60(76-57)66(12,37-15-3)38-16-4/h27-34,39-42H,13-26,35-38H2,1-12H3,(H,69,70,71). The van der Waals surface area contributed by atoms with Gasteiger partial charge < -0.3 is 0 Å². The molecule has 0 aliphatic carbocycles. The van der Waals surface area contributed by atoms with Crippen LogP contribution in [-0.2, 0) is 23.7 Å². The summed E-state index contributed by atoms with van der Waals surface area (Å²) in [6.45, 7) is 28.1. The molecule has 8 aromatic rings. The lowest BCUT2D eigenvalue weighted by Gasteiger charge is -2.28. The number of nitrogens with zero attached hydrogens (tertiary/aromatic N) is 2. The van der Waals surface area contributed by atoms with Crippen molar-refractivity contribution in [2.45, 2.75) is 209 Å². The minimum Gasteiger partial charge on any atom is -0.288 e. The number of carbonyl (C=O) groups is 2. The van der Waals surface area contributed by atoms with Crippen LogP contribution in [0.1, 0.15) is 226 Å². The fourth-order valence-corrected chi connectivity index (χ4v) is 20.8. The van der Waals surface area contributed by atoms with Gasteiger partial charge in [-0.1, -0.05) is 147 Å². The molecular formula is C66H85N3O2S7. The van der Waals surface area contributed by atoms with E-state index in [0.717, 1.165) is 127 Å². The van der Waals surface area contributed by atoms with Gasteiger partial charge >= 0.3 is 0 Å². The third-order valence-corrected chi connectivity index (χ3v) is 25.5. The molecule has 1 N–H and O–H groups in total. The SMILES string of the molecule is CCCC(C)(CCC)c1ccc(-c2c3nc(-c4ccc(CCC(C)CCCC(C)C)s4)sc3c(-c3ccc(-c4sc(C(C)(CCC)CCC)c5c4C(=O)NC5=O)s3)c3nc(-c4ccc(CCC(C)CCCC(C)C)s4)sc23)s1. The molecule has 8 heterocycles. The van der Waals surface area contributed by atoms with Crippen LogP contribution in [0.3, 0.4) is 0 Å². The minimum absolute atomic E-state index is 0.108. The lowest BCUT2D eigenvalue weighted by atomic mass is 9.78. The number of thiophene rings is 5. The monoisotopic (exact) mass is 1180 g/mol. The molecular weight excluding hydrogens is 1090 g/mol. The van der Waals surface area contributed by atoms with Crippen molar-refractivity contribution >= 4 is 112 Å². The molecule has 2 atom stereocenters. The first-order valence-corrected chi connectivity index (χ1v) is 35.4. The van der Waals surface area contributed by atoms with Gasteiger partial charge in [0.1, 0.15) is 10.0 Å². The molecule has 418 valence electrons. The molecule has 78 heavy (non-hydrogen) atoms. The number of hydrogen-bond acceptors (Lipinski definition) is 11. The number of nitrogens with one attached hydrogen (secondary N) is 1. The normalized spacial score (nSPS) is 14.1. The highest BCUT2D eigenvalue weighted by atomic mass is 32.1. The van der Waals surface area contributed by atoms with Gasteiger partial charge in [-0.15, -0.1) is 79.4 Å². The van der Waals surface area contributed by atoms with Crippen LogP contribution in [0, 0.1) is 23.7 Å². The van der Waals surface area contributed by atoms with E-state index in [1.807, 2.05) is 56.7 Å². The van der Waals surface area contributed by atoms with Gasteiger partial charge in [0.25, 0.3) is 11.8 Å². The molecule has 0 spiro atoms. The number of thiazole rings is 2. The summed E-state index contributed by atoms with van der Waals surface area (Å²) in [5.41, 5.74) is 5.47. The lowest BCUT2D eigenvalue weighted by molar-refractivity contribution is 0.0878. The molecule has 0 bridgehead atoms. The van der Waals surface area contributed by atoms with Crippen molar-refractivity contribution in [3.63, 3.8) is 0 Å². The molecule has 9 rings (SSSR count). The van der Waals surface area contributed by atoms with Crippen molar-refractivity contribution in [3.8, 4) is 50.4 Å². The Morgan fingerprint density at radius 1 is 0.462 bits per heavy atom. The number of amides is 2. The van der Waals surface area contributed by atoms with Crippen molar-refractivity contribution in [1.29, 1.82) is 0 Å². The van der Waals surface area contributed by atoms with Crippen molar-refractivity contribution in [3.05, 3.63) is 79.2 Å². The predicted octanol–water partition coefficient (Wildman–Crippen LogP) is 22.9. The molecule has 1 aliphatic rings. The third kappa shape index (κ3) is 12.8. The first kappa shape index (κ1) is 59.3. The van der Waals surface area contributed by atoms with Gasteiger partial charge in [-0.2, -0.15) is 0 Å². The van der Waals surface area contributed by atoms with E-state index in [9.17, 15) is 9.59 Å². The summed E-state index contributed by atoms with van der Waals surface area (Å²) in [7, 11) is 0. The number of aryl methyl sites for hydroxylation is 2. The van der Waals surface area contributed by atoms with E-state index in [-0.39, 0.29) is 22.6 Å². The third-order valence-electron chi connectivity index (χ3n) is 16.5. The largest absolute Gasteiger partial charge is 0.288 e. The van der Waals surface area contributed by atoms with Gasteiger partial charge in [0, 0.05) is 56.1 Å². The first-order chi connectivity index (χ1) is 37.5. The summed E-state index contributed by atoms with van der Waals surface area (Å²) < 4.78 is 2.35. The minimum atomic E-state index is -0.278. The maximum absolute atomic E-state index is 13.9. The van der Waals surface area contributed by atoms with Gasteiger partial charge in [-0.3, -0.25) is 14.9 Å². The van der Waals surface area contributed by atoms with Gasteiger partial charge in [0.15, 0.2) is 0 Å². The molecule has 5 nitrogen and oxygen atoms in total. The Hall–Kier alpha value is -3.36. The second-order valence-electron chi connectivity index (χ2n) is 24.4. The number of benzene rings is 1. The van der Waals surface area contributed by atoms with E-state index in [1.165, 1.54) is 90.9 Å². The van der Waals surface area contributed by atoms with E-state index in [1.54, 1.807) is 22.7 Å². The maximum Gasteiger partial charge on any atom is 0.260 e. The smallest absolute Gasteiger partial charge is 0.260 e. The number of rotatable bonds is 29. The molecule has 0 fully saturated rings. The number of carbonyl (C=O) groups excluding carboxylic acids is 2. The van der Waals surface area contributed by atoms with Crippen LogP contribution < -0.4 is 5.32 Å². The second-order valence-corrected chi connectivity index (χ2v) is 31.9. The van der Waals surface area contributed by atoms with Crippen molar-refractivity contribution in [1.82, 2.24) is 15.3 Å². The fourth-order valence-electron chi connectivity index (χ4n) is 12.3. The summed E-state index contributed by atoms with van der Waals surface area (Å²) >= 11 is 12.8. The van der Waals surface area contributed by atoms with E-state index >= 15 is 0 Å². The Morgan fingerprint density at radius 2 is 0.910 bits per heavy atom. The zero-order valence-electron chi connectivity index (χ0n) is 48.7. The number of aromatic nitrogens is 2. The van der Waals surface area contributed by atoms with Crippen LogP contribution >= 0.6 is 79.4 Å². The fraction of sp³-hybridized carbons (Fsp3) is 0.545. The van der Waals surface area contributed by atoms with E-state index < -0.39 is 0 Å². The molecule has 2 amide bonds. The number of fused-ring (bicyclic) bond motifs is 3. The summed E-state index contributed by atoms with van der Waals surface area (Å²) in [6, 6.07) is 18.6. The molecule has 0 saturated carbocycles. The highest BCUT2D eigenvalue weighted by molar-refractivity contribution is 7.29. The molecule has 1 aromatic carbocycles. The summed E-state index contributed by atoms with van der Waals surface area (Å²) in [6.07, 6.45) is 21.0. The average molecular weight is 1180 g/mol. The number of hydrogen-bond donors (Lipinski definition) is 1. The molecule has 2 unspecified atom stereocenters. The lowest BCUT2D eigenvalue weighted by Crippen LogP contribution is -2.25. The van der Waals surface area contributed by atoms with Crippen LogP contribution in [0.15, 0.2) is 48.5 Å². The second kappa shape index (κ2) is 25.8. The predicted molar refractivity (Wildman–Crippen MR) is 348 cm³/mol. The van der Waals surface area contributed by atoms with E-state index in [2.05, 4.69) is 137 Å². The van der Waals surface area contributed by atoms with Gasteiger partial charge in [-0.25, -0.2) is 9.97 Å². The Labute approximate surface area is 495 Å². The molecule has 0 saturated heterocycles. The zero-order valence-corrected chi connectivity index (χ0v) is 54.4. The highest BCUT2D eigenvalue weighted by Crippen LogP contribution is 2.56. The molecule has 12 heteroatoms. The van der Waals surface area contributed by atoms with Gasteiger partial charge in [0.2, 0.25) is 0 Å². The molecule has 0 radical (unpaired) electrons. The summed E-state index contributed by atoms with van der Waals surface area (Å²) in [4.78, 5) is 51.3. The Morgan fingerprint density at radius 3 is 1.41 bits per heavy atom. The van der Waals surface area contributed by atoms with Gasteiger partial charge in [0.05, 0.1) is 46.2 Å². The van der Waals surface area contributed by atoms with Crippen LogP contribution in [0.25, 0.3) is 70.8 Å². The maximum atomic E-state index is 13.9. The van der Waals surface area contributed by atoms with Crippen molar-refractivity contribution in [2.75, 3.05) is 0 Å². The first-order valence-electron chi connectivity index (χ1n) is 29.7. The zero-order chi connectivity index (χ0) is 55.5. The Balaban J connectivity index is 1.21. The number of imide groups is 1.